The second-order valence-electron chi connectivity index (χ2n) is 5.52. The van der Waals surface area contributed by atoms with Crippen LogP contribution in [0.15, 0.2) is 12.4 Å². The van der Waals surface area contributed by atoms with Gasteiger partial charge in [-0.3, -0.25) is 4.40 Å². The molecule has 1 fully saturated rings. The average Bonchev–Trinajstić information content (AvgIpc) is 2.90. The maximum atomic E-state index is 5.86. The number of nitrogens with one attached hydrogen (secondary N) is 1. The van der Waals surface area contributed by atoms with Crippen molar-refractivity contribution in [3.8, 4) is 0 Å². The predicted octanol–water partition coefficient (Wildman–Crippen LogP) is 0.850. The first-order chi connectivity index (χ1) is 9.72. The van der Waals surface area contributed by atoms with Gasteiger partial charge in [0.05, 0.1) is 0 Å². The van der Waals surface area contributed by atoms with Gasteiger partial charge in [-0.05, 0) is 45.3 Å². The van der Waals surface area contributed by atoms with E-state index in [4.69, 9.17) is 5.73 Å². The molecule has 108 valence electrons. The second kappa shape index (κ2) is 5.62. The van der Waals surface area contributed by atoms with Crippen molar-refractivity contribution < 1.29 is 0 Å². The summed E-state index contributed by atoms with van der Waals surface area (Å²) in [5, 5.41) is 11.2. The third-order valence-corrected chi connectivity index (χ3v) is 4.02. The molecule has 2 aromatic rings. The fourth-order valence-corrected chi connectivity index (χ4v) is 2.70. The number of aromatic nitrogens is 4. The molecule has 0 spiro atoms. The van der Waals surface area contributed by atoms with Crippen molar-refractivity contribution in [3.05, 3.63) is 12.4 Å². The van der Waals surface area contributed by atoms with E-state index in [1.54, 1.807) is 10.7 Å². The van der Waals surface area contributed by atoms with Crippen molar-refractivity contribution in [2.75, 3.05) is 37.7 Å². The van der Waals surface area contributed by atoms with E-state index in [1.807, 2.05) is 6.07 Å². The van der Waals surface area contributed by atoms with E-state index in [0.717, 1.165) is 23.9 Å². The first-order valence-corrected chi connectivity index (χ1v) is 7.11. The molecule has 0 unspecified atom stereocenters. The number of nitrogens with two attached hydrogens (primary N) is 1. The Labute approximate surface area is 118 Å². The SMILES string of the molecule is CN1CCC(CCNc2cc3nncn3c(N)n2)CC1. The molecule has 3 rings (SSSR count). The van der Waals surface area contributed by atoms with Crippen LogP contribution in [0.2, 0.25) is 0 Å². The molecule has 7 nitrogen and oxygen atoms in total. The lowest BCUT2D eigenvalue weighted by atomic mass is 9.94. The van der Waals surface area contributed by atoms with E-state index < -0.39 is 0 Å². The molecule has 2 aromatic heterocycles. The van der Waals surface area contributed by atoms with E-state index in [0.29, 0.717) is 5.95 Å². The van der Waals surface area contributed by atoms with Crippen molar-refractivity contribution in [1.82, 2.24) is 24.5 Å². The third kappa shape index (κ3) is 2.82. The van der Waals surface area contributed by atoms with E-state index in [-0.39, 0.29) is 0 Å². The second-order valence-corrected chi connectivity index (χ2v) is 5.52. The van der Waals surface area contributed by atoms with Crippen LogP contribution in [0.25, 0.3) is 5.65 Å². The number of nitrogens with zero attached hydrogens (tertiary/aromatic N) is 5. The monoisotopic (exact) mass is 275 g/mol. The minimum absolute atomic E-state index is 0.411. The van der Waals surface area contributed by atoms with Crippen LogP contribution in [0.1, 0.15) is 19.3 Å². The molecule has 20 heavy (non-hydrogen) atoms. The summed E-state index contributed by atoms with van der Waals surface area (Å²) in [4.78, 5) is 6.70. The predicted molar refractivity (Wildman–Crippen MR) is 78.5 cm³/mol. The van der Waals surface area contributed by atoms with Crippen LogP contribution in [0.5, 0.6) is 0 Å². The lowest BCUT2D eigenvalue weighted by Gasteiger charge is -2.28. The van der Waals surface area contributed by atoms with Crippen LogP contribution in [0.3, 0.4) is 0 Å². The lowest BCUT2D eigenvalue weighted by molar-refractivity contribution is 0.215. The Kier molecular flexibility index (Phi) is 3.68. The van der Waals surface area contributed by atoms with Gasteiger partial charge in [0.2, 0.25) is 5.95 Å². The molecule has 0 aromatic carbocycles. The van der Waals surface area contributed by atoms with Gasteiger partial charge in [-0.1, -0.05) is 0 Å². The lowest BCUT2D eigenvalue weighted by Crippen LogP contribution is -2.30. The van der Waals surface area contributed by atoms with Gasteiger partial charge in [-0.15, -0.1) is 10.2 Å². The molecule has 1 aliphatic rings. The van der Waals surface area contributed by atoms with Gasteiger partial charge in [-0.2, -0.15) is 4.98 Å². The molecule has 1 aliphatic heterocycles. The van der Waals surface area contributed by atoms with Crippen LogP contribution in [0, 0.1) is 5.92 Å². The van der Waals surface area contributed by atoms with Gasteiger partial charge < -0.3 is 16.0 Å². The van der Waals surface area contributed by atoms with Gasteiger partial charge in [0, 0.05) is 12.6 Å². The van der Waals surface area contributed by atoms with Crippen LogP contribution >= 0.6 is 0 Å². The summed E-state index contributed by atoms with van der Waals surface area (Å²) in [6, 6.07) is 1.87. The quantitative estimate of drug-likeness (QED) is 0.860. The third-order valence-electron chi connectivity index (χ3n) is 4.02. The summed E-state index contributed by atoms with van der Waals surface area (Å²) < 4.78 is 1.67. The highest BCUT2D eigenvalue weighted by molar-refractivity contribution is 5.53. The van der Waals surface area contributed by atoms with Crippen molar-refractivity contribution >= 4 is 17.4 Å². The standard InChI is InChI=1S/C13H21N7/c1-19-6-3-10(4-7-19)2-5-15-11-8-12-18-16-9-20(12)13(14)17-11/h8-10,15H,2-7H2,1H3,(H2,14,17). The molecule has 0 saturated carbocycles. The van der Waals surface area contributed by atoms with Gasteiger partial charge in [-0.25, -0.2) is 0 Å². The fraction of sp³-hybridized carbons (Fsp3) is 0.615. The minimum Gasteiger partial charge on any atom is -0.370 e. The molecular formula is C13H21N7. The molecule has 0 radical (unpaired) electrons. The number of piperidine rings is 1. The Balaban J connectivity index is 1.54. The molecule has 3 heterocycles. The first-order valence-electron chi connectivity index (χ1n) is 7.11. The smallest absolute Gasteiger partial charge is 0.209 e. The number of fused-ring (bicyclic) bond motifs is 1. The van der Waals surface area contributed by atoms with Gasteiger partial charge in [0.1, 0.15) is 12.1 Å². The Morgan fingerprint density at radius 1 is 1.40 bits per heavy atom. The number of anilines is 2. The fourth-order valence-electron chi connectivity index (χ4n) is 2.70. The molecule has 1 saturated heterocycles. The maximum Gasteiger partial charge on any atom is 0.209 e. The molecule has 0 atom stereocenters. The molecule has 3 N–H and O–H groups in total. The Bertz CT molecular complexity index is 571. The molecule has 0 bridgehead atoms. The largest absolute Gasteiger partial charge is 0.370 e. The van der Waals surface area contributed by atoms with Crippen molar-refractivity contribution in [3.63, 3.8) is 0 Å². The summed E-state index contributed by atoms with van der Waals surface area (Å²) >= 11 is 0. The zero-order chi connectivity index (χ0) is 13.9. The number of hydrogen-bond acceptors (Lipinski definition) is 6. The first kappa shape index (κ1) is 13.1. The highest BCUT2D eigenvalue weighted by Crippen LogP contribution is 2.19. The van der Waals surface area contributed by atoms with Crippen molar-refractivity contribution in [2.45, 2.75) is 19.3 Å². The van der Waals surface area contributed by atoms with Crippen LogP contribution in [-0.4, -0.2) is 51.2 Å². The Morgan fingerprint density at radius 3 is 3.00 bits per heavy atom. The summed E-state index contributed by atoms with van der Waals surface area (Å²) in [7, 11) is 2.19. The Morgan fingerprint density at radius 2 is 2.20 bits per heavy atom. The minimum atomic E-state index is 0.411. The summed E-state index contributed by atoms with van der Waals surface area (Å²) in [6.45, 7) is 3.34. The van der Waals surface area contributed by atoms with Gasteiger partial charge >= 0.3 is 0 Å². The summed E-state index contributed by atoms with van der Waals surface area (Å²) in [5.74, 6) is 2.00. The highest BCUT2D eigenvalue weighted by Gasteiger charge is 2.16. The van der Waals surface area contributed by atoms with E-state index >= 15 is 0 Å². The summed E-state index contributed by atoms with van der Waals surface area (Å²) in [6.07, 6.45) is 5.32. The molecule has 0 aliphatic carbocycles. The highest BCUT2D eigenvalue weighted by atomic mass is 15.3. The van der Waals surface area contributed by atoms with Crippen molar-refractivity contribution in [2.24, 2.45) is 5.92 Å². The van der Waals surface area contributed by atoms with E-state index in [2.05, 4.69) is 32.4 Å². The molecule has 7 heteroatoms. The molecular weight excluding hydrogens is 254 g/mol. The average molecular weight is 275 g/mol. The topological polar surface area (TPSA) is 84.4 Å². The van der Waals surface area contributed by atoms with Gasteiger partial charge in [0.25, 0.3) is 0 Å². The van der Waals surface area contributed by atoms with E-state index in [1.165, 1.54) is 32.4 Å². The number of hydrogen-bond donors (Lipinski definition) is 2. The van der Waals surface area contributed by atoms with Gasteiger partial charge in [0.15, 0.2) is 5.65 Å². The molecule has 0 amide bonds. The van der Waals surface area contributed by atoms with Crippen LogP contribution in [0.4, 0.5) is 11.8 Å². The zero-order valence-electron chi connectivity index (χ0n) is 11.8. The van der Waals surface area contributed by atoms with E-state index in [9.17, 15) is 0 Å². The number of rotatable bonds is 4. The number of likely N-dealkylation sites (tertiary alicyclic amines) is 1. The van der Waals surface area contributed by atoms with Crippen LogP contribution in [-0.2, 0) is 0 Å². The maximum absolute atomic E-state index is 5.86. The number of nitrogen functional groups attached to an aromatic ring is 1. The van der Waals surface area contributed by atoms with Crippen LogP contribution < -0.4 is 11.1 Å². The summed E-state index contributed by atoms with van der Waals surface area (Å²) in [5.41, 5.74) is 6.58. The Hall–Kier alpha value is -1.89. The normalized spacial score (nSPS) is 17.6. The zero-order valence-corrected chi connectivity index (χ0v) is 11.8. The van der Waals surface area contributed by atoms with Crippen molar-refractivity contribution in [1.29, 1.82) is 0 Å².